The summed E-state index contributed by atoms with van der Waals surface area (Å²) in [7, 11) is 0. The summed E-state index contributed by atoms with van der Waals surface area (Å²) < 4.78 is 6.59. The molecule has 0 bridgehead atoms. The first kappa shape index (κ1) is 16.3. The van der Waals surface area contributed by atoms with Crippen LogP contribution in [0.5, 0.6) is 5.75 Å². The highest BCUT2D eigenvalue weighted by Gasteiger charge is 2.25. The molecule has 2 N–H and O–H groups in total. The highest BCUT2D eigenvalue weighted by Crippen LogP contribution is 2.19. The van der Waals surface area contributed by atoms with E-state index in [1.807, 2.05) is 24.3 Å². The normalized spacial score (nSPS) is 24.0. The Morgan fingerprint density at radius 3 is 2.67 bits per heavy atom. The van der Waals surface area contributed by atoms with Crippen molar-refractivity contribution in [2.45, 2.75) is 57.3 Å². The molecule has 1 aromatic carbocycles. The van der Waals surface area contributed by atoms with Gasteiger partial charge in [-0.25, -0.2) is 0 Å². The maximum Gasteiger partial charge on any atom is 0.261 e. The summed E-state index contributed by atoms with van der Waals surface area (Å²) in [6, 6.07) is 7.21. The summed E-state index contributed by atoms with van der Waals surface area (Å²) >= 11 is 3.36. The zero-order valence-electron chi connectivity index (χ0n) is 12.2. The molecule has 0 aromatic heterocycles. The molecule has 1 amide bonds. The molecular formula is C16H22BrNO3. The number of ether oxygens (including phenoxy) is 1. The second-order valence-electron chi connectivity index (χ2n) is 5.53. The van der Waals surface area contributed by atoms with E-state index in [-0.39, 0.29) is 11.9 Å². The fourth-order valence-corrected chi connectivity index (χ4v) is 2.79. The van der Waals surface area contributed by atoms with Gasteiger partial charge in [0.15, 0.2) is 6.10 Å². The number of carbonyl (C=O) groups is 1. The van der Waals surface area contributed by atoms with Gasteiger partial charge in [0.2, 0.25) is 0 Å². The molecule has 2 rings (SSSR count). The maximum absolute atomic E-state index is 12.2. The van der Waals surface area contributed by atoms with Gasteiger partial charge in [-0.05, 0) is 44.0 Å². The number of amides is 1. The van der Waals surface area contributed by atoms with Crippen LogP contribution in [0.1, 0.15) is 39.0 Å². The minimum Gasteiger partial charge on any atom is -0.481 e. The van der Waals surface area contributed by atoms with Crippen molar-refractivity contribution in [2.75, 3.05) is 0 Å². The molecule has 21 heavy (non-hydrogen) atoms. The van der Waals surface area contributed by atoms with E-state index in [0.29, 0.717) is 5.75 Å². The van der Waals surface area contributed by atoms with Crippen molar-refractivity contribution in [1.29, 1.82) is 0 Å². The zero-order chi connectivity index (χ0) is 15.2. The maximum atomic E-state index is 12.2. The van der Waals surface area contributed by atoms with Gasteiger partial charge in [0.05, 0.1) is 12.1 Å². The van der Waals surface area contributed by atoms with E-state index in [0.717, 1.165) is 36.6 Å². The predicted octanol–water partition coefficient (Wildman–Crippen LogP) is 3.03. The number of benzene rings is 1. The summed E-state index contributed by atoms with van der Waals surface area (Å²) in [5, 5.41) is 13.0. The molecular weight excluding hydrogens is 334 g/mol. The Labute approximate surface area is 134 Å². The highest BCUT2D eigenvalue weighted by atomic mass is 79.9. The van der Waals surface area contributed by atoms with Gasteiger partial charge in [0.1, 0.15) is 5.75 Å². The van der Waals surface area contributed by atoms with Gasteiger partial charge in [-0.15, -0.1) is 0 Å². The Morgan fingerprint density at radius 1 is 1.29 bits per heavy atom. The largest absolute Gasteiger partial charge is 0.481 e. The Hall–Kier alpha value is -1.07. The third-order valence-corrected chi connectivity index (χ3v) is 4.33. The van der Waals surface area contributed by atoms with Crippen LogP contribution in [0.25, 0.3) is 0 Å². The molecule has 4 nitrogen and oxygen atoms in total. The van der Waals surface area contributed by atoms with Crippen LogP contribution in [0.3, 0.4) is 0 Å². The Balaban J connectivity index is 1.88. The van der Waals surface area contributed by atoms with Gasteiger partial charge < -0.3 is 15.2 Å². The van der Waals surface area contributed by atoms with Crippen molar-refractivity contribution in [3.63, 3.8) is 0 Å². The summed E-state index contributed by atoms with van der Waals surface area (Å²) in [4.78, 5) is 12.2. The molecule has 0 saturated heterocycles. The third kappa shape index (κ3) is 5.00. The van der Waals surface area contributed by atoms with E-state index < -0.39 is 12.2 Å². The molecule has 0 heterocycles. The fraction of sp³-hybridized carbons (Fsp3) is 0.562. The van der Waals surface area contributed by atoms with E-state index in [2.05, 4.69) is 21.2 Å². The summed E-state index contributed by atoms with van der Waals surface area (Å²) in [6.07, 6.45) is 3.75. The Morgan fingerprint density at radius 2 is 1.95 bits per heavy atom. The average Bonchev–Trinajstić information content (AvgIpc) is 2.66. The SMILES string of the molecule is CC(Oc1ccc(Br)cc1)C(=O)NC1CCCCCC1O. The lowest BCUT2D eigenvalue weighted by atomic mass is 10.1. The van der Waals surface area contributed by atoms with Crippen LogP contribution in [-0.2, 0) is 4.79 Å². The van der Waals surface area contributed by atoms with E-state index in [4.69, 9.17) is 4.74 Å². The molecule has 1 aliphatic carbocycles. The Kier molecular flexibility index (Phi) is 6.06. The number of hydrogen-bond acceptors (Lipinski definition) is 3. The van der Waals surface area contributed by atoms with E-state index in [1.165, 1.54) is 0 Å². The topological polar surface area (TPSA) is 58.6 Å². The average molecular weight is 356 g/mol. The van der Waals surface area contributed by atoms with E-state index >= 15 is 0 Å². The summed E-state index contributed by atoms with van der Waals surface area (Å²) in [5.41, 5.74) is 0. The van der Waals surface area contributed by atoms with Crippen LogP contribution in [0.4, 0.5) is 0 Å². The zero-order valence-corrected chi connectivity index (χ0v) is 13.8. The summed E-state index contributed by atoms with van der Waals surface area (Å²) in [5.74, 6) is 0.478. The first-order valence-corrected chi connectivity index (χ1v) is 8.26. The molecule has 1 aromatic rings. The number of rotatable bonds is 4. The number of aliphatic hydroxyl groups excluding tert-OH is 1. The number of nitrogens with one attached hydrogen (secondary N) is 1. The van der Waals surface area contributed by atoms with Crippen molar-refractivity contribution in [3.8, 4) is 5.75 Å². The van der Waals surface area contributed by atoms with Crippen LogP contribution in [0, 0.1) is 0 Å². The molecule has 1 saturated carbocycles. The lowest BCUT2D eigenvalue weighted by Crippen LogP contribution is -2.47. The smallest absolute Gasteiger partial charge is 0.261 e. The highest BCUT2D eigenvalue weighted by molar-refractivity contribution is 9.10. The van der Waals surface area contributed by atoms with Crippen molar-refractivity contribution in [1.82, 2.24) is 5.32 Å². The number of hydrogen-bond donors (Lipinski definition) is 2. The van der Waals surface area contributed by atoms with Crippen LogP contribution in [0.15, 0.2) is 28.7 Å². The van der Waals surface area contributed by atoms with Crippen LogP contribution in [-0.4, -0.2) is 29.3 Å². The van der Waals surface area contributed by atoms with Crippen molar-refractivity contribution >= 4 is 21.8 Å². The minimum atomic E-state index is -0.582. The van der Waals surface area contributed by atoms with Crippen LogP contribution in [0.2, 0.25) is 0 Å². The lowest BCUT2D eigenvalue weighted by Gasteiger charge is -2.24. The number of carbonyl (C=O) groups excluding carboxylic acids is 1. The van der Waals surface area contributed by atoms with Crippen LogP contribution >= 0.6 is 15.9 Å². The predicted molar refractivity (Wildman–Crippen MR) is 85.3 cm³/mol. The molecule has 0 aliphatic heterocycles. The quantitative estimate of drug-likeness (QED) is 0.816. The molecule has 5 heteroatoms. The van der Waals surface area contributed by atoms with Crippen molar-refractivity contribution in [2.24, 2.45) is 0 Å². The third-order valence-electron chi connectivity index (χ3n) is 3.80. The van der Waals surface area contributed by atoms with Crippen molar-refractivity contribution < 1.29 is 14.6 Å². The molecule has 116 valence electrons. The second-order valence-corrected chi connectivity index (χ2v) is 6.45. The first-order valence-electron chi connectivity index (χ1n) is 7.47. The minimum absolute atomic E-state index is 0.157. The molecule has 3 atom stereocenters. The van der Waals surface area contributed by atoms with E-state index in [1.54, 1.807) is 6.92 Å². The monoisotopic (exact) mass is 355 g/mol. The standard InChI is InChI=1S/C16H22BrNO3/c1-11(21-13-9-7-12(17)8-10-13)16(20)18-14-5-3-2-4-6-15(14)19/h7-11,14-15,19H,2-6H2,1H3,(H,18,20). The fourth-order valence-electron chi connectivity index (χ4n) is 2.53. The molecule has 1 fully saturated rings. The molecule has 0 radical (unpaired) electrons. The molecule has 1 aliphatic rings. The second kappa shape index (κ2) is 7.80. The summed E-state index contributed by atoms with van der Waals surface area (Å²) in [6.45, 7) is 1.72. The van der Waals surface area contributed by atoms with Gasteiger partial charge in [-0.3, -0.25) is 4.79 Å². The number of aliphatic hydroxyl groups is 1. The first-order chi connectivity index (χ1) is 10.1. The van der Waals surface area contributed by atoms with Gasteiger partial charge >= 0.3 is 0 Å². The number of halogens is 1. The lowest BCUT2D eigenvalue weighted by molar-refractivity contribution is -0.128. The van der Waals surface area contributed by atoms with Gasteiger partial charge in [-0.2, -0.15) is 0 Å². The molecule has 0 spiro atoms. The van der Waals surface area contributed by atoms with Crippen molar-refractivity contribution in [3.05, 3.63) is 28.7 Å². The molecule has 3 unspecified atom stereocenters. The Bertz CT molecular complexity index is 463. The van der Waals surface area contributed by atoms with Gasteiger partial charge in [-0.1, -0.05) is 35.2 Å². The van der Waals surface area contributed by atoms with Crippen LogP contribution < -0.4 is 10.1 Å². The van der Waals surface area contributed by atoms with Gasteiger partial charge in [0, 0.05) is 4.47 Å². The van der Waals surface area contributed by atoms with Gasteiger partial charge in [0.25, 0.3) is 5.91 Å². The van der Waals surface area contributed by atoms with E-state index in [9.17, 15) is 9.90 Å².